The second-order valence-corrected chi connectivity index (χ2v) is 5.27. The van der Waals surface area contributed by atoms with Crippen LogP contribution in [0, 0.1) is 0 Å². The number of benzene rings is 2. The third-order valence-electron chi connectivity index (χ3n) is 2.27. The fraction of sp³-hybridized carbons (Fsp3) is 0. The molecule has 0 heterocycles. The van der Waals surface area contributed by atoms with Crippen molar-refractivity contribution < 1.29 is 4.74 Å². The molecule has 0 fully saturated rings. The predicted octanol–water partition coefficient (Wildman–Crippen LogP) is 4.53. The molecule has 18 heavy (non-hydrogen) atoms. The summed E-state index contributed by atoms with van der Waals surface area (Å²) in [6, 6.07) is 12.7. The van der Waals surface area contributed by atoms with E-state index in [9.17, 15) is 0 Å². The van der Waals surface area contributed by atoms with Gasteiger partial charge in [-0.1, -0.05) is 36.0 Å². The molecule has 0 radical (unpaired) electrons. The summed E-state index contributed by atoms with van der Waals surface area (Å²) in [5.74, 6) is 1.27. The van der Waals surface area contributed by atoms with Gasteiger partial charge >= 0.3 is 0 Å². The van der Waals surface area contributed by atoms with Crippen LogP contribution in [-0.2, 0) is 0 Å². The zero-order chi connectivity index (χ0) is 13.1. The topological polar surface area (TPSA) is 35.2 Å². The maximum Gasteiger partial charge on any atom is 0.141 e. The molecule has 0 spiro atoms. The monoisotopic (exact) mass is 341 g/mol. The van der Waals surface area contributed by atoms with E-state index in [1.165, 1.54) is 0 Å². The van der Waals surface area contributed by atoms with Crippen molar-refractivity contribution in [3.8, 4) is 11.5 Å². The van der Waals surface area contributed by atoms with Gasteiger partial charge in [0.15, 0.2) is 0 Å². The Balaban J connectivity index is 2.37. The van der Waals surface area contributed by atoms with Gasteiger partial charge in [0.2, 0.25) is 0 Å². The van der Waals surface area contributed by atoms with Crippen LogP contribution in [0.3, 0.4) is 0 Å². The first-order valence-electron chi connectivity index (χ1n) is 5.09. The minimum Gasteiger partial charge on any atom is -0.455 e. The van der Waals surface area contributed by atoms with Crippen molar-refractivity contribution in [2.45, 2.75) is 0 Å². The number of thiocarbonyl (C=S) groups is 1. The maximum atomic E-state index is 5.88. The van der Waals surface area contributed by atoms with Crippen LogP contribution >= 0.6 is 39.7 Å². The average Bonchev–Trinajstić information content (AvgIpc) is 2.33. The van der Waals surface area contributed by atoms with E-state index in [1.54, 1.807) is 18.2 Å². The number of halogens is 2. The lowest BCUT2D eigenvalue weighted by Gasteiger charge is -2.11. The molecule has 0 aliphatic heterocycles. The van der Waals surface area contributed by atoms with Crippen LogP contribution in [-0.4, -0.2) is 4.99 Å². The largest absolute Gasteiger partial charge is 0.455 e. The van der Waals surface area contributed by atoms with Gasteiger partial charge < -0.3 is 10.5 Å². The minimum atomic E-state index is 0.302. The lowest BCUT2D eigenvalue weighted by molar-refractivity contribution is 0.479. The minimum absolute atomic E-state index is 0.302. The van der Waals surface area contributed by atoms with E-state index in [2.05, 4.69) is 15.9 Å². The molecule has 0 saturated carbocycles. The molecule has 0 aromatic heterocycles. The van der Waals surface area contributed by atoms with Gasteiger partial charge in [-0.2, -0.15) is 0 Å². The van der Waals surface area contributed by atoms with Crippen molar-refractivity contribution in [2.24, 2.45) is 5.73 Å². The standard InChI is InChI=1S/C13H9BrClNOS/c14-10-7-8(15)5-6-12(10)17-11-4-2-1-3-9(11)13(16)18/h1-7H,(H2,16,18). The summed E-state index contributed by atoms with van der Waals surface area (Å²) in [5, 5.41) is 0.636. The Labute approximate surface area is 124 Å². The lowest BCUT2D eigenvalue weighted by Crippen LogP contribution is -2.10. The number of hydrogen-bond donors (Lipinski definition) is 1. The van der Waals surface area contributed by atoms with Crippen molar-refractivity contribution in [1.82, 2.24) is 0 Å². The number of para-hydroxylation sites is 1. The normalized spacial score (nSPS) is 10.1. The molecule has 2 aromatic carbocycles. The molecule has 5 heteroatoms. The summed E-state index contributed by atoms with van der Waals surface area (Å²) < 4.78 is 6.55. The summed E-state index contributed by atoms with van der Waals surface area (Å²) in [6.45, 7) is 0. The average molecular weight is 343 g/mol. The zero-order valence-corrected chi connectivity index (χ0v) is 12.3. The van der Waals surface area contributed by atoms with Gasteiger partial charge in [-0.15, -0.1) is 0 Å². The van der Waals surface area contributed by atoms with Gasteiger partial charge in [0, 0.05) is 5.02 Å². The van der Waals surface area contributed by atoms with Gasteiger partial charge in [0.05, 0.1) is 10.0 Å². The smallest absolute Gasteiger partial charge is 0.141 e. The highest BCUT2D eigenvalue weighted by atomic mass is 79.9. The first-order chi connectivity index (χ1) is 8.58. The first kappa shape index (κ1) is 13.3. The lowest BCUT2D eigenvalue weighted by atomic mass is 10.2. The molecule has 0 bridgehead atoms. The van der Waals surface area contributed by atoms with Gasteiger partial charge in [-0.05, 0) is 46.3 Å². The molecule has 0 amide bonds. The second kappa shape index (κ2) is 5.69. The van der Waals surface area contributed by atoms with E-state index in [4.69, 9.17) is 34.3 Å². The van der Waals surface area contributed by atoms with Gasteiger partial charge in [-0.25, -0.2) is 0 Å². The third kappa shape index (κ3) is 3.02. The van der Waals surface area contributed by atoms with Crippen molar-refractivity contribution in [3.05, 3.63) is 57.5 Å². The van der Waals surface area contributed by atoms with Crippen LogP contribution in [0.25, 0.3) is 0 Å². The highest BCUT2D eigenvalue weighted by molar-refractivity contribution is 9.10. The molecular formula is C13H9BrClNOS. The van der Waals surface area contributed by atoms with Gasteiger partial charge in [0.1, 0.15) is 16.5 Å². The Morgan fingerprint density at radius 1 is 1.17 bits per heavy atom. The van der Waals surface area contributed by atoms with Gasteiger partial charge in [-0.3, -0.25) is 0 Å². The van der Waals surface area contributed by atoms with E-state index in [-0.39, 0.29) is 0 Å². The van der Waals surface area contributed by atoms with Crippen LogP contribution in [0.2, 0.25) is 5.02 Å². The van der Waals surface area contributed by atoms with Crippen LogP contribution < -0.4 is 10.5 Å². The van der Waals surface area contributed by atoms with Crippen LogP contribution in [0.5, 0.6) is 11.5 Å². The predicted molar refractivity (Wildman–Crippen MR) is 81.6 cm³/mol. The number of rotatable bonds is 3. The van der Waals surface area contributed by atoms with Crippen LogP contribution in [0.1, 0.15) is 5.56 Å². The highest BCUT2D eigenvalue weighted by Crippen LogP contribution is 2.33. The Kier molecular flexibility index (Phi) is 4.22. The van der Waals surface area contributed by atoms with E-state index in [1.807, 2.05) is 24.3 Å². The third-order valence-corrected chi connectivity index (χ3v) is 3.34. The number of hydrogen-bond acceptors (Lipinski definition) is 2. The van der Waals surface area contributed by atoms with E-state index in [0.717, 1.165) is 4.47 Å². The summed E-state index contributed by atoms with van der Waals surface area (Å²) >= 11 is 14.3. The molecule has 2 aromatic rings. The van der Waals surface area contributed by atoms with Crippen LogP contribution in [0.15, 0.2) is 46.9 Å². The van der Waals surface area contributed by atoms with Crippen molar-refractivity contribution >= 4 is 44.7 Å². The van der Waals surface area contributed by atoms with Crippen molar-refractivity contribution in [1.29, 1.82) is 0 Å². The number of ether oxygens (including phenoxy) is 1. The van der Waals surface area contributed by atoms with E-state index < -0.39 is 0 Å². The highest BCUT2D eigenvalue weighted by Gasteiger charge is 2.09. The van der Waals surface area contributed by atoms with Crippen LogP contribution in [0.4, 0.5) is 0 Å². The summed E-state index contributed by atoms with van der Waals surface area (Å²) in [5.41, 5.74) is 6.35. The SMILES string of the molecule is NC(=S)c1ccccc1Oc1ccc(Cl)cc1Br. The summed E-state index contributed by atoms with van der Waals surface area (Å²) in [4.78, 5) is 0.302. The molecule has 0 aliphatic rings. The fourth-order valence-corrected chi connectivity index (χ4v) is 2.37. The quantitative estimate of drug-likeness (QED) is 0.832. The Morgan fingerprint density at radius 3 is 2.56 bits per heavy atom. The van der Waals surface area contributed by atoms with Crippen molar-refractivity contribution in [3.63, 3.8) is 0 Å². The molecule has 2 nitrogen and oxygen atoms in total. The Hall–Kier alpha value is -1.10. The van der Waals surface area contributed by atoms with E-state index >= 15 is 0 Å². The van der Waals surface area contributed by atoms with Gasteiger partial charge in [0.25, 0.3) is 0 Å². The van der Waals surface area contributed by atoms with E-state index in [0.29, 0.717) is 27.1 Å². The number of nitrogens with two attached hydrogens (primary N) is 1. The molecule has 0 aliphatic carbocycles. The molecule has 92 valence electrons. The summed E-state index contributed by atoms with van der Waals surface area (Å²) in [7, 11) is 0. The Morgan fingerprint density at radius 2 is 1.89 bits per heavy atom. The van der Waals surface area contributed by atoms with Crippen molar-refractivity contribution in [2.75, 3.05) is 0 Å². The fourth-order valence-electron chi connectivity index (χ4n) is 1.44. The summed E-state index contributed by atoms with van der Waals surface area (Å²) in [6.07, 6.45) is 0. The second-order valence-electron chi connectivity index (χ2n) is 3.54. The molecule has 0 saturated heterocycles. The molecule has 2 N–H and O–H groups in total. The Bertz CT molecular complexity index is 603. The zero-order valence-electron chi connectivity index (χ0n) is 9.19. The molecule has 2 rings (SSSR count). The maximum absolute atomic E-state index is 5.88. The molecular weight excluding hydrogens is 334 g/mol. The molecule has 0 unspecified atom stereocenters. The molecule has 0 atom stereocenters. The first-order valence-corrected chi connectivity index (χ1v) is 6.67.